The summed E-state index contributed by atoms with van der Waals surface area (Å²) in [7, 11) is 0. The molecule has 2 N–H and O–H groups in total. The minimum Gasteiger partial charge on any atom is -0.493 e. The lowest BCUT2D eigenvalue weighted by atomic mass is 10.2. The van der Waals surface area contributed by atoms with Crippen molar-refractivity contribution in [3.63, 3.8) is 0 Å². The molecule has 1 aromatic carbocycles. The highest BCUT2D eigenvalue weighted by Crippen LogP contribution is 2.13. The fourth-order valence-corrected chi connectivity index (χ4v) is 1.26. The second kappa shape index (κ2) is 3.35. The molecule has 0 spiro atoms. The first-order chi connectivity index (χ1) is 7.20. The molecule has 0 bridgehead atoms. The van der Waals surface area contributed by atoms with Crippen LogP contribution in [0.1, 0.15) is 5.56 Å². The van der Waals surface area contributed by atoms with Crippen LogP contribution in [0.5, 0.6) is 5.88 Å². The normalized spacial score (nSPS) is 9.80. The Morgan fingerprint density at radius 3 is 2.47 bits per heavy atom. The van der Waals surface area contributed by atoms with Crippen molar-refractivity contribution in [3.8, 4) is 17.6 Å². The van der Waals surface area contributed by atoms with Gasteiger partial charge in [-0.15, -0.1) is 0 Å². The quantitative estimate of drug-likeness (QED) is 0.714. The van der Waals surface area contributed by atoms with Gasteiger partial charge in [-0.05, 0) is 24.3 Å². The number of nitrogens with zero attached hydrogens (tertiary/aromatic N) is 2. The number of nitriles is 1. The Morgan fingerprint density at radius 1 is 1.33 bits per heavy atom. The average molecular weight is 201 g/mol. The van der Waals surface area contributed by atoms with Gasteiger partial charge in [0, 0.05) is 0 Å². The highest BCUT2D eigenvalue weighted by atomic mass is 16.3. The number of aromatic nitrogens is 2. The number of aromatic hydroxyl groups is 1. The fourth-order valence-electron chi connectivity index (χ4n) is 1.26. The topological polar surface area (TPSA) is 81.8 Å². The number of rotatable bonds is 1. The third-order valence-electron chi connectivity index (χ3n) is 1.97. The molecule has 2 rings (SSSR count). The molecule has 0 atom stereocenters. The number of H-pyrrole nitrogens is 1. The van der Waals surface area contributed by atoms with E-state index < -0.39 is 0 Å². The number of hydrogen-bond donors (Lipinski definition) is 2. The van der Waals surface area contributed by atoms with E-state index in [1.54, 1.807) is 24.3 Å². The third kappa shape index (κ3) is 1.60. The average Bonchev–Trinajstić information content (AvgIpc) is 2.58. The fraction of sp³-hybridized carbons (Fsp3) is 0. The van der Waals surface area contributed by atoms with Gasteiger partial charge in [-0.1, -0.05) is 0 Å². The molecular formula is C10H7N3O2. The van der Waals surface area contributed by atoms with Gasteiger partial charge < -0.3 is 5.11 Å². The Labute approximate surface area is 84.8 Å². The molecule has 0 amide bonds. The van der Waals surface area contributed by atoms with Crippen molar-refractivity contribution in [1.29, 1.82) is 5.26 Å². The molecule has 2 aromatic rings. The minimum atomic E-state index is -0.378. The van der Waals surface area contributed by atoms with Crippen LogP contribution in [0, 0.1) is 11.3 Å². The van der Waals surface area contributed by atoms with Crippen molar-refractivity contribution in [3.05, 3.63) is 46.2 Å². The molecule has 74 valence electrons. The number of aromatic amines is 1. The van der Waals surface area contributed by atoms with Crippen LogP contribution in [0.4, 0.5) is 0 Å². The van der Waals surface area contributed by atoms with E-state index in [-0.39, 0.29) is 11.4 Å². The van der Waals surface area contributed by atoms with E-state index in [2.05, 4.69) is 5.10 Å². The molecule has 5 heteroatoms. The van der Waals surface area contributed by atoms with Gasteiger partial charge >= 0.3 is 0 Å². The van der Waals surface area contributed by atoms with Crippen LogP contribution in [-0.2, 0) is 0 Å². The van der Waals surface area contributed by atoms with E-state index in [0.717, 1.165) is 6.07 Å². The van der Waals surface area contributed by atoms with E-state index in [0.29, 0.717) is 11.3 Å². The van der Waals surface area contributed by atoms with Crippen molar-refractivity contribution < 1.29 is 5.11 Å². The Morgan fingerprint density at radius 2 is 2.00 bits per heavy atom. The zero-order valence-corrected chi connectivity index (χ0v) is 7.64. The van der Waals surface area contributed by atoms with Gasteiger partial charge in [-0.2, -0.15) is 5.26 Å². The molecule has 0 saturated carbocycles. The van der Waals surface area contributed by atoms with Crippen molar-refractivity contribution in [2.75, 3.05) is 0 Å². The first kappa shape index (κ1) is 9.09. The van der Waals surface area contributed by atoms with Gasteiger partial charge in [0.2, 0.25) is 5.88 Å². The van der Waals surface area contributed by atoms with Crippen molar-refractivity contribution in [2.24, 2.45) is 0 Å². The van der Waals surface area contributed by atoms with Gasteiger partial charge in [-0.3, -0.25) is 9.89 Å². The summed E-state index contributed by atoms with van der Waals surface area (Å²) in [5, 5.41) is 20.4. The van der Waals surface area contributed by atoms with E-state index in [9.17, 15) is 9.90 Å². The summed E-state index contributed by atoms with van der Waals surface area (Å²) in [5.74, 6) is -0.162. The standard InChI is InChI=1S/C10H7N3O2/c11-6-7-1-3-8(4-2-7)13-10(15)5-9(14)12-13/h1-5,15H,(H,12,14). The van der Waals surface area contributed by atoms with Crippen LogP contribution in [0.2, 0.25) is 0 Å². The largest absolute Gasteiger partial charge is 0.493 e. The van der Waals surface area contributed by atoms with E-state index in [4.69, 9.17) is 5.26 Å². The smallest absolute Gasteiger partial charge is 0.268 e. The van der Waals surface area contributed by atoms with E-state index in [1.807, 2.05) is 6.07 Å². The molecule has 15 heavy (non-hydrogen) atoms. The Kier molecular flexibility index (Phi) is 2.03. The Balaban J connectivity index is 2.51. The highest BCUT2D eigenvalue weighted by molar-refractivity contribution is 5.40. The summed E-state index contributed by atoms with van der Waals surface area (Å²) in [4.78, 5) is 10.9. The second-order valence-corrected chi connectivity index (χ2v) is 2.97. The summed E-state index contributed by atoms with van der Waals surface area (Å²) in [6, 6.07) is 9.54. The number of hydrogen-bond acceptors (Lipinski definition) is 3. The lowest BCUT2D eigenvalue weighted by molar-refractivity contribution is 0.433. The van der Waals surface area contributed by atoms with Gasteiger partial charge in [0.15, 0.2) is 0 Å². The predicted molar refractivity (Wildman–Crippen MR) is 52.8 cm³/mol. The van der Waals surface area contributed by atoms with Gasteiger partial charge in [0.25, 0.3) is 5.56 Å². The number of benzene rings is 1. The van der Waals surface area contributed by atoms with Gasteiger partial charge in [0.05, 0.1) is 23.4 Å². The molecular weight excluding hydrogens is 194 g/mol. The summed E-state index contributed by atoms with van der Waals surface area (Å²) in [6.07, 6.45) is 0. The van der Waals surface area contributed by atoms with Gasteiger partial charge in [0.1, 0.15) is 0 Å². The monoisotopic (exact) mass is 201 g/mol. The van der Waals surface area contributed by atoms with Crippen molar-refractivity contribution in [1.82, 2.24) is 9.78 Å². The summed E-state index contributed by atoms with van der Waals surface area (Å²) >= 11 is 0. The highest BCUT2D eigenvalue weighted by Gasteiger charge is 2.03. The third-order valence-corrected chi connectivity index (χ3v) is 1.97. The van der Waals surface area contributed by atoms with E-state index in [1.165, 1.54) is 4.68 Å². The van der Waals surface area contributed by atoms with Crippen molar-refractivity contribution >= 4 is 0 Å². The molecule has 0 aliphatic rings. The molecule has 0 unspecified atom stereocenters. The van der Waals surface area contributed by atoms with Crippen LogP contribution in [0.25, 0.3) is 5.69 Å². The second-order valence-electron chi connectivity index (χ2n) is 2.97. The number of nitrogens with one attached hydrogen (secondary N) is 1. The molecule has 0 aliphatic carbocycles. The SMILES string of the molecule is N#Cc1ccc(-n2[nH]c(=O)cc2O)cc1. The van der Waals surface area contributed by atoms with E-state index >= 15 is 0 Å². The Hall–Kier alpha value is -2.48. The van der Waals surface area contributed by atoms with Crippen LogP contribution in [0.3, 0.4) is 0 Å². The molecule has 0 radical (unpaired) electrons. The molecule has 5 nitrogen and oxygen atoms in total. The molecule has 0 fully saturated rings. The maximum Gasteiger partial charge on any atom is 0.268 e. The summed E-state index contributed by atoms with van der Waals surface area (Å²) in [5.41, 5.74) is 0.734. The van der Waals surface area contributed by atoms with Gasteiger partial charge in [-0.25, -0.2) is 4.68 Å². The van der Waals surface area contributed by atoms with Crippen LogP contribution in [0.15, 0.2) is 35.1 Å². The lowest BCUT2D eigenvalue weighted by Gasteiger charge is -2.02. The minimum absolute atomic E-state index is 0.162. The van der Waals surface area contributed by atoms with Crippen LogP contribution >= 0.6 is 0 Å². The van der Waals surface area contributed by atoms with Crippen molar-refractivity contribution in [2.45, 2.75) is 0 Å². The molecule has 0 saturated heterocycles. The first-order valence-corrected chi connectivity index (χ1v) is 4.22. The maximum absolute atomic E-state index is 10.9. The predicted octanol–water partition coefficient (Wildman–Crippen LogP) is 0.743. The Bertz CT molecular complexity index is 572. The molecule has 0 aliphatic heterocycles. The van der Waals surface area contributed by atoms with Crippen LogP contribution in [-0.4, -0.2) is 14.9 Å². The van der Waals surface area contributed by atoms with Crippen LogP contribution < -0.4 is 5.56 Å². The molecule has 1 aromatic heterocycles. The summed E-state index contributed by atoms with van der Waals surface area (Å²) < 4.78 is 1.24. The summed E-state index contributed by atoms with van der Waals surface area (Å²) in [6.45, 7) is 0. The lowest BCUT2D eigenvalue weighted by Crippen LogP contribution is -2.03. The first-order valence-electron chi connectivity index (χ1n) is 4.22. The zero-order valence-electron chi connectivity index (χ0n) is 7.64. The maximum atomic E-state index is 10.9. The molecule has 1 heterocycles. The zero-order chi connectivity index (χ0) is 10.8.